The Kier molecular flexibility index (Phi) is 5.03. The van der Waals surface area contributed by atoms with Gasteiger partial charge in [-0.2, -0.15) is 0 Å². The number of rotatable bonds is 4. The molecule has 0 aliphatic carbocycles. The van der Waals surface area contributed by atoms with Crippen molar-refractivity contribution >= 4 is 32.7 Å². The number of ether oxygens (including phenoxy) is 1. The highest BCUT2D eigenvalue weighted by atomic mass is 79.9. The molecular formula is C24H17BrO2. The number of esters is 1. The standard InChI is InChI=1S/C24H17BrO2/c25-22-12-10-21-16-23(13-11-20(21)15-22)27-24(26)14-17-6-8-19(9-7-17)18-4-2-1-3-5-18/h1-13,15-16H,14H2. The van der Waals surface area contributed by atoms with Crippen LogP contribution in [-0.2, 0) is 11.2 Å². The minimum Gasteiger partial charge on any atom is -0.426 e. The first kappa shape index (κ1) is 17.5. The lowest BCUT2D eigenvalue weighted by molar-refractivity contribution is -0.133. The minimum absolute atomic E-state index is 0.243. The van der Waals surface area contributed by atoms with Gasteiger partial charge in [0.2, 0.25) is 0 Å². The number of hydrogen-bond acceptors (Lipinski definition) is 2. The molecule has 4 rings (SSSR count). The number of hydrogen-bond donors (Lipinski definition) is 0. The molecule has 0 bridgehead atoms. The van der Waals surface area contributed by atoms with Gasteiger partial charge in [-0.1, -0.05) is 82.7 Å². The first-order valence-electron chi connectivity index (χ1n) is 8.72. The van der Waals surface area contributed by atoms with E-state index in [0.717, 1.165) is 31.9 Å². The van der Waals surface area contributed by atoms with E-state index in [1.165, 1.54) is 0 Å². The Morgan fingerprint density at radius 2 is 1.41 bits per heavy atom. The second-order valence-corrected chi connectivity index (χ2v) is 7.28. The molecule has 0 spiro atoms. The summed E-state index contributed by atoms with van der Waals surface area (Å²) in [6.07, 6.45) is 0.243. The van der Waals surface area contributed by atoms with Gasteiger partial charge in [-0.3, -0.25) is 4.79 Å². The molecule has 0 aromatic heterocycles. The van der Waals surface area contributed by atoms with Crippen LogP contribution in [0.2, 0.25) is 0 Å². The van der Waals surface area contributed by atoms with E-state index < -0.39 is 0 Å². The maximum atomic E-state index is 12.3. The zero-order valence-electron chi connectivity index (χ0n) is 14.6. The zero-order chi connectivity index (χ0) is 18.6. The smallest absolute Gasteiger partial charge is 0.315 e. The average Bonchev–Trinajstić information content (AvgIpc) is 2.69. The summed E-state index contributed by atoms with van der Waals surface area (Å²) in [7, 11) is 0. The first-order chi connectivity index (χ1) is 13.2. The van der Waals surface area contributed by atoms with Gasteiger partial charge in [-0.25, -0.2) is 0 Å². The van der Waals surface area contributed by atoms with Crippen LogP contribution < -0.4 is 4.74 Å². The van der Waals surface area contributed by atoms with E-state index in [0.29, 0.717) is 5.75 Å². The fraction of sp³-hybridized carbons (Fsp3) is 0.0417. The van der Waals surface area contributed by atoms with Crippen molar-refractivity contribution in [3.63, 3.8) is 0 Å². The van der Waals surface area contributed by atoms with Crippen LogP contribution in [0.1, 0.15) is 5.56 Å². The largest absolute Gasteiger partial charge is 0.426 e. The molecule has 132 valence electrons. The van der Waals surface area contributed by atoms with E-state index >= 15 is 0 Å². The molecule has 0 saturated heterocycles. The monoisotopic (exact) mass is 416 g/mol. The molecule has 4 aromatic rings. The molecule has 2 nitrogen and oxygen atoms in total. The van der Waals surface area contributed by atoms with Crippen molar-refractivity contribution in [3.8, 4) is 16.9 Å². The highest BCUT2D eigenvalue weighted by molar-refractivity contribution is 9.10. The highest BCUT2D eigenvalue weighted by Crippen LogP contribution is 2.25. The molecule has 0 fully saturated rings. The maximum absolute atomic E-state index is 12.3. The summed E-state index contributed by atoms with van der Waals surface area (Å²) in [6, 6.07) is 29.9. The Balaban J connectivity index is 1.44. The van der Waals surface area contributed by atoms with Gasteiger partial charge in [0.15, 0.2) is 0 Å². The van der Waals surface area contributed by atoms with Crippen LogP contribution in [0.25, 0.3) is 21.9 Å². The Morgan fingerprint density at radius 3 is 2.19 bits per heavy atom. The molecule has 0 atom stereocenters. The van der Waals surface area contributed by atoms with Crippen molar-refractivity contribution in [1.82, 2.24) is 0 Å². The van der Waals surface area contributed by atoms with Crippen molar-refractivity contribution < 1.29 is 9.53 Å². The van der Waals surface area contributed by atoms with Crippen molar-refractivity contribution in [3.05, 3.63) is 101 Å². The van der Waals surface area contributed by atoms with Gasteiger partial charge < -0.3 is 4.74 Å². The van der Waals surface area contributed by atoms with E-state index in [2.05, 4.69) is 28.1 Å². The van der Waals surface area contributed by atoms with Gasteiger partial charge >= 0.3 is 5.97 Å². The Bertz CT molecular complexity index is 1090. The third-order valence-electron chi connectivity index (χ3n) is 4.41. The van der Waals surface area contributed by atoms with Crippen LogP contribution in [0.5, 0.6) is 5.75 Å². The van der Waals surface area contributed by atoms with E-state index in [9.17, 15) is 4.79 Å². The molecule has 0 radical (unpaired) electrons. The number of carbonyl (C=O) groups excluding carboxylic acids is 1. The van der Waals surface area contributed by atoms with E-state index in [4.69, 9.17) is 4.74 Å². The molecule has 0 aliphatic heterocycles. The summed E-state index contributed by atoms with van der Waals surface area (Å²) in [5, 5.41) is 2.14. The van der Waals surface area contributed by atoms with Crippen molar-refractivity contribution in [2.45, 2.75) is 6.42 Å². The van der Waals surface area contributed by atoms with Crippen molar-refractivity contribution in [2.24, 2.45) is 0 Å². The molecule has 4 aromatic carbocycles. The van der Waals surface area contributed by atoms with Gasteiger partial charge in [-0.15, -0.1) is 0 Å². The number of carbonyl (C=O) groups is 1. The lowest BCUT2D eigenvalue weighted by Gasteiger charge is -2.07. The lowest BCUT2D eigenvalue weighted by Crippen LogP contribution is -2.11. The summed E-state index contributed by atoms with van der Waals surface area (Å²) in [5.41, 5.74) is 3.23. The van der Waals surface area contributed by atoms with Gasteiger partial charge in [-0.05, 0) is 51.7 Å². The topological polar surface area (TPSA) is 26.3 Å². The quantitative estimate of drug-likeness (QED) is 0.283. The molecule has 0 amide bonds. The molecule has 3 heteroatoms. The van der Waals surface area contributed by atoms with Crippen LogP contribution >= 0.6 is 15.9 Å². The van der Waals surface area contributed by atoms with Crippen molar-refractivity contribution in [1.29, 1.82) is 0 Å². The first-order valence-corrected chi connectivity index (χ1v) is 9.51. The van der Waals surface area contributed by atoms with Gasteiger partial charge in [0, 0.05) is 4.47 Å². The van der Waals surface area contributed by atoms with Crippen LogP contribution in [0, 0.1) is 0 Å². The van der Waals surface area contributed by atoms with Gasteiger partial charge in [0.05, 0.1) is 6.42 Å². The molecule has 27 heavy (non-hydrogen) atoms. The predicted octanol–water partition coefficient (Wildman–Crippen LogP) is 6.42. The molecule has 0 N–H and O–H groups in total. The van der Waals surface area contributed by atoms with Gasteiger partial charge in [0.25, 0.3) is 0 Å². The van der Waals surface area contributed by atoms with E-state index in [-0.39, 0.29) is 12.4 Å². The highest BCUT2D eigenvalue weighted by Gasteiger charge is 2.08. The normalized spacial score (nSPS) is 10.7. The summed E-state index contributed by atoms with van der Waals surface area (Å²) in [6.45, 7) is 0. The Morgan fingerprint density at radius 1 is 0.741 bits per heavy atom. The number of fused-ring (bicyclic) bond motifs is 1. The predicted molar refractivity (Wildman–Crippen MR) is 113 cm³/mol. The molecule has 0 unspecified atom stereocenters. The average molecular weight is 417 g/mol. The fourth-order valence-electron chi connectivity index (χ4n) is 3.04. The minimum atomic E-state index is -0.265. The summed E-state index contributed by atoms with van der Waals surface area (Å²) >= 11 is 3.46. The second kappa shape index (κ2) is 7.77. The molecule has 0 aliphatic rings. The van der Waals surface area contributed by atoms with Crippen LogP contribution in [0.3, 0.4) is 0 Å². The number of halogens is 1. The third-order valence-corrected chi connectivity index (χ3v) is 4.91. The maximum Gasteiger partial charge on any atom is 0.315 e. The molecule has 0 saturated carbocycles. The fourth-order valence-corrected chi connectivity index (χ4v) is 3.42. The summed E-state index contributed by atoms with van der Waals surface area (Å²) in [5.74, 6) is 0.301. The van der Waals surface area contributed by atoms with E-state index in [1.54, 1.807) is 0 Å². The van der Waals surface area contributed by atoms with Crippen molar-refractivity contribution in [2.75, 3.05) is 0 Å². The van der Waals surface area contributed by atoms with Crippen LogP contribution in [0.15, 0.2) is 95.5 Å². The molecule has 0 heterocycles. The Hall–Kier alpha value is -2.91. The number of benzene rings is 4. The van der Waals surface area contributed by atoms with E-state index in [1.807, 2.05) is 78.9 Å². The Labute approximate surface area is 166 Å². The van der Waals surface area contributed by atoms with Gasteiger partial charge in [0.1, 0.15) is 5.75 Å². The van der Waals surface area contributed by atoms with Crippen LogP contribution in [-0.4, -0.2) is 5.97 Å². The SMILES string of the molecule is O=C(Cc1ccc(-c2ccccc2)cc1)Oc1ccc2cc(Br)ccc2c1. The lowest BCUT2D eigenvalue weighted by atomic mass is 10.0. The van der Waals surface area contributed by atoms with Crippen LogP contribution in [0.4, 0.5) is 0 Å². The summed E-state index contributed by atoms with van der Waals surface area (Å²) < 4.78 is 6.55. The summed E-state index contributed by atoms with van der Waals surface area (Å²) in [4.78, 5) is 12.3. The molecular weight excluding hydrogens is 400 g/mol. The third kappa shape index (κ3) is 4.26. The second-order valence-electron chi connectivity index (χ2n) is 6.37. The zero-order valence-corrected chi connectivity index (χ0v) is 16.1.